The van der Waals surface area contributed by atoms with E-state index in [-0.39, 0.29) is 11.9 Å². The van der Waals surface area contributed by atoms with Gasteiger partial charge in [0.05, 0.1) is 24.0 Å². The highest BCUT2D eigenvalue weighted by atomic mass is 35.5. The van der Waals surface area contributed by atoms with Gasteiger partial charge >= 0.3 is 0 Å². The van der Waals surface area contributed by atoms with Gasteiger partial charge < -0.3 is 9.88 Å². The quantitative estimate of drug-likeness (QED) is 0.372. The minimum atomic E-state index is -0.252. The molecule has 0 fully saturated rings. The van der Waals surface area contributed by atoms with E-state index >= 15 is 0 Å². The van der Waals surface area contributed by atoms with Crippen molar-refractivity contribution < 1.29 is 4.79 Å². The van der Waals surface area contributed by atoms with E-state index in [1.165, 1.54) is 11.1 Å². The molecule has 4 aromatic rings. The van der Waals surface area contributed by atoms with Gasteiger partial charge in [-0.2, -0.15) is 5.26 Å². The highest BCUT2D eigenvalue weighted by Gasteiger charge is 2.31. The third kappa shape index (κ3) is 6.08. The molecular formula is C30H28ClN5O. The van der Waals surface area contributed by atoms with E-state index in [4.69, 9.17) is 16.9 Å². The molecule has 0 spiro atoms. The van der Waals surface area contributed by atoms with Crippen LogP contribution in [0.15, 0.2) is 85.3 Å². The maximum atomic E-state index is 13.4. The topological polar surface area (TPSA) is 74.0 Å². The fraction of sp³-hybridized carbons (Fsp3) is 0.233. The Labute approximate surface area is 222 Å². The van der Waals surface area contributed by atoms with E-state index in [2.05, 4.69) is 50.1 Å². The second-order valence-electron chi connectivity index (χ2n) is 9.39. The van der Waals surface area contributed by atoms with E-state index in [9.17, 15) is 4.79 Å². The number of nitrogens with one attached hydrogen (secondary N) is 1. The summed E-state index contributed by atoms with van der Waals surface area (Å²) in [5.41, 5.74) is 6.38. The zero-order valence-electron chi connectivity index (χ0n) is 20.5. The van der Waals surface area contributed by atoms with Crippen molar-refractivity contribution in [2.75, 3.05) is 6.54 Å². The van der Waals surface area contributed by atoms with Crippen LogP contribution in [-0.2, 0) is 37.3 Å². The number of halogens is 1. The predicted octanol–water partition coefficient (Wildman–Crippen LogP) is 4.74. The number of carbonyl (C=O) groups excluding carboxylic acids is 1. The molecule has 5 rings (SSSR count). The van der Waals surface area contributed by atoms with Gasteiger partial charge in [-0.15, -0.1) is 0 Å². The first kappa shape index (κ1) is 24.8. The van der Waals surface area contributed by atoms with E-state index < -0.39 is 0 Å². The van der Waals surface area contributed by atoms with E-state index in [0.717, 1.165) is 23.4 Å². The summed E-state index contributed by atoms with van der Waals surface area (Å²) in [4.78, 5) is 20.0. The summed E-state index contributed by atoms with van der Waals surface area (Å²) in [6.07, 6.45) is 5.01. The SMILES string of the molecule is N#Cc1ccc(Cn2cncc2CCNC(=O)[C@@H]2Cc3ccccc3CN2Cc2cccc(Cl)c2)cc1. The summed E-state index contributed by atoms with van der Waals surface area (Å²) in [6, 6.07) is 25.6. The maximum absolute atomic E-state index is 13.4. The minimum absolute atomic E-state index is 0.0367. The van der Waals surface area contributed by atoms with Crippen molar-refractivity contribution in [1.82, 2.24) is 19.8 Å². The van der Waals surface area contributed by atoms with Crippen molar-refractivity contribution in [1.29, 1.82) is 5.26 Å². The molecule has 1 atom stereocenters. The molecule has 7 heteroatoms. The molecule has 0 saturated carbocycles. The first-order valence-corrected chi connectivity index (χ1v) is 12.8. The Morgan fingerprint density at radius 1 is 1.03 bits per heavy atom. The highest BCUT2D eigenvalue weighted by molar-refractivity contribution is 6.30. The smallest absolute Gasteiger partial charge is 0.237 e. The summed E-state index contributed by atoms with van der Waals surface area (Å²) in [5, 5.41) is 12.9. The van der Waals surface area contributed by atoms with Crippen molar-refractivity contribution in [2.45, 2.75) is 38.5 Å². The van der Waals surface area contributed by atoms with Gasteiger partial charge in [0.25, 0.3) is 0 Å². The van der Waals surface area contributed by atoms with E-state index in [0.29, 0.717) is 43.1 Å². The number of aromatic nitrogens is 2. The molecule has 0 unspecified atom stereocenters. The number of nitrogens with zero attached hydrogens (tertiary/aromatic N) is 4. The van der Waals surface area contributed by atoms with E-state index in [1.807, 2.05) is 54.7 Å². The Morgan fingerprint density at radius 2 is 1.84 bits per heavy atom. The second-order valence-corrected chi connectivity index (χ2v) is 9.82. The van der Waals surface area contributed by atoms with Crippen molar-refractivity contribution in [2.24, 2.45) is 0 Å². The molecule has 0 aliphatic carbocycles. The fourth-order valence-corrected chi connectivity index (χ4v) is 5.10. The molecule has 0 saturated heterocycles. The number of imidazole rings is 1. The minimum Gasteiger partial charge on any atom is -0.354 e. The van der Waals surface area contributed by atoms with Crippen LogP contribution in [0.3, 0.4) is 0 Å². The summed E-state index contributed by atoms with van der Waals surface area (Å²) in [7, 11) is 0. The van der Waals surface area contributed by atoms with Crippen LogP contribution >= 0.6 is 11.6 Å². The van der Waals surface area contributed by atoms with E-state index in [1.54, 1.807) is 6.33 Å². The van der Waals surface area contributed by atoms with Crippen LogP contribution in [0.4, 0.5) is 0 Å². The van der Waals surface area contributed by atoms with Gasteiger partial charge in [-0.3, -0.25) is 9.69 Å². The van der Waals surface area contributed by atoms with Gasteiger partial charge in [0.1, 0.15) is 0 Å². The number of nitriles is 1. The van der Waals surface area contributed by atoms with Crippen molar-refractivity contribution in [3.8, 4) is 6.07 Å². The summed E-state index contributed by atoms with van der Waals surface area (Å²) < 4.78 is 2.08. The van der Waals surface area contributed by atoms with Gasteiger partial charge in [0.15, 0.2) is 0 Å². The van der Waals surface area contributed by atoms with Gasteiger partial charge in [-0.1, -0.05) is 60.1 Å². The Bertz CT molecular complexity index is 1420. The molecule has 0 radical (unpaired) electrons. The molecule has 6 nitrogen and oxygen atoms in total. The molecule has 1 N–H and O–H groups in total. The predicted molar refractivity (Wildman–Crippen MR) is 144 cm³/mol. The number of amides is 1. The number of fused-ring (bicyclic) bond motifs is 1. The van der Waals surface area contributed by atoms with Crippen molar-refractivity contribution in [3.05, 3.63) is 124 Å². The van der Waals surface area contributed by atoms with Crippen LogP contribution in [0.2, 0.25) is 5.02 Å². The lowest BCUT2D eigenvalue weighted by atomic mass is 9.93. The van der Waals surface area contributed by atoms with Crippen LogP contribution in [0.1, 0.15) is 33.5 Å². The number of carbonyl (C=O) groups is 1. The average molecular weight is 510 g/mol. The molecule has 1 aliphatic heterocycles. The lowest BCUT2D eigenvalue weighted by molar-refractivity contribution is -0.127. The average Bonchev–Trinajstić information content (AvgIpc) is 3.35. The lowest BCUT2D eigenvalue weighted by Crippen LogP contribution is -2.50. The normalized spacial score (nSPS) is 15.1. The maximum Gasteiger partial charge on any atom is 0.237 e. The van der Waals surface area contributed by atoms with Crippen molar-refractivity contribution in [3.63, 3.8) is 0 Å². The zero-order chi connectivity index (χ0) is 25.6. The molecule has 37 heavy (non-hydrogen) atoms. The van der Waals surface area contributed by atoms with Gasteiger partial charge in [0, 0.05) is 49.5 Å². The van der Waals surface area contributed by atoms with Crippen molar-refractivity contribution >= 4 is 17.5 Å². The molecule has 1 aromatic heterocycles. The first-order chi connectivity index (χ1) is 18.1. The monoisotopic (exact) mass is 509 g/mol. The first-order valence-electron chi connectivity index (χ1n) is 12.4. The summed E-state index contributed by atoms with van der Waals surface area (Å²) >= 11 is 6.22. The lowest BCUT2D eigenvalue weighted by Gasteiger charge is -2.36. The summed E-state index contributed by atoms with van der Waals surface area (Å²) in [5.74, 6) is 0.0367. The third-order valence-corrected chi connectivity index (χ3v) is 7.07. The number of hydrogen-bond acceptors (Lipinski definition) is 4. The Morgan fingerprint density at radius 3 is 2.62 bits per heavy atom. The molecular weight excluding hydrogens is 482 g/mol. The fourth-order valence-electron chi connectivity index (χ4n) is 4.88. The van der Waals surface area contributed by atoms with Crippen LogP contribution in [0, 0.1) is 11.3 Å². The Hall–Kier alpha value is -3.92. The van der Waals surface area contributed by atoms with Gasteiger partial charge in [0.2, 0.25) is 5.91 Å². The molecule has 186 valence electrons. The molecule has 2 heterocycles. The Kier molecular flexibility index (Phi) is 7.65. The van der Waals surface area contributed by atoms with Crippen LogP contribution in [0.25, 0.3) is 0 Å². The largest absolute Gasteiger partial charge is 0.354 e. The standard InChI is InChI=1S/C30H28ClN5O/c31-27-7-3-4-24(14-27)19-35-20-26-6-2-1-5-25(26)15-29(35)30(37)34-13-12-28-17-33-21-36(28)18-23-10-8-22(16-32)9-11-23/h1-11,14,17,21,29H,12-13,15,18-20H2,(H,34,37)/t29-/m0/s1. The van der Waals surface area contributed by atoms with Gasteiger partial charge in [-0.05, 0) is 52.9 Å². The second kappa shape index (κ2) is 11.4. The van der Waals surface area contributed by atoms with Crippen LogP contribution in [0.5, 0.6) is 0 Å². The summed E-state index contributed by atoms with van der Waals surface area (Å²) in [6.45, 7) is 2.57. The third-order valence-electron chi connectivity index (χ3n) is 6.84. The zero-order valence-corrected chi connectivity index (χ0v) is 21.2. The number of hydrogen-bond donors (Lipinski definition) is 1. The van der Waals surface area contributed by atoms with Crippen LogP contribution < -0.4 is 5.32 Å². The molecule has 1 aliphatic rings. The highest BCUT2D eigenvalue weighted by Crippen LogP contribution is 2.26. The number of benzene rings is 3. The Balaban J connectivity index is 1.23. The van der Waals surface area contributed by atoms with Crippen LogP contribution in [-0.4, -0.2) is 32.9 Å². The van der Waals surface area contributed by atoms with Gasteiger partial charge in [-0.25, -0.2) is 4.98 Å². The molecule has 1 amide bonds. The molecule has 3 aromatic carbocycles. The molecule has 0 bridgehead atoms. The number of rotatable bonds is 8.